The minimum atomic E-state index is -0.180. The van der Waals surface area contributed by atoms with Crippen LogP contribution >= 0.6 is 0 Å². The van der Waals surface area contributed by atoms with Crippen molar-refractivity contribution in [1.29, 1.82) is 0 Å². The van der Waals surface area contributed by atoms with Gasteiger partial charge in [0.25, 0.3) is 0 Å². The summed E-state index contributed by atoms with van der Waals surface area (Å²) in [7, 11) is 0. The molecule has 0 aromatic carbocycles. The van der Waals surface area contributed by atoms with E-state index in [1.165, 1.54) is 0 Å². The molecular formula is C15H18O3. The lowest BCUT2D eigenvalue weighted by Crippen LogP contribution is -2.39. The van der Waals surface area contributed by atoms with Crippen molar-refractivity contribution in [3.63, 3.8) is 0 Å². The summed E-state index contributed by atoms with van der Waals surface area (Å²) in [6, 6.07) is 0. The first-order valence-corrected chi connectivity index (χ1v) is 6.59. The van der Waals surface area contributed by atoms with E-state index < -0.39 is 0 Å². The fourth-order valence-corrected chi connectivity index (χ4v) is 3.69. The molecule has 3 nitrogen and oxygen atoms in total. The second kappa shape index (κ2) is 3.56. The Morgan fingerprint density at radius 2 is 2.11 bits per heavy atom. The van der Waals surface area contributed by atoms with E-state index in [1.807, 2.05) is 19.9 Å². The number of carbonyl (C=O) groups excluding carboxylic acids is 2. The van der Waals surface area contributed by atoms with Crippen molar-refractivity contribution in [1.82, 2.24) is 0 Å². The van der Waals surface area contributed by atoms with E-state index in [0.29, 0.717) is 0 Å². The van der Waals surface area contributed by atoms with Crippen molar-refractivity contribution in [2.24, 2.45) is 17.3 Å². The van der Waals surface area contributed by atoms with Gasteiger partial charge in [-0.05, 0) is 31.4 Å². The van der Waals surface area contributed by atoms with Crippen LogP contribution in [0.25, 0.3) is 0 Å². The Bertz CT molecular complexity index is 500. The zero-order valence-corrected chi connectivity index (χ0v) is 11.0. The Morgan fingerprint density at radius 1 is 1.39 bits per heavy atom. The number of ether oxygens (including phenoxy) is 1. The summed E-state index contributed by atoms with van der Waals surface area (Å²) in [5.41, 5.74) is 1.71. The van der Waals surface area contributed by atoms with Crippen LogP contribution in [0, 0.1) is 17.3 Å². The maximum Gasteiger partial charge on any atom is 0.309 e. The zero-order valence-electron chi connectivity index (χ0n) is 11.0. The first kappa shape index (κ1) is 11.7. The average molecular weight is 246 g/mol. The molecule has 0 aromatic rings. The normalized spacial score (nSPS) is 42.7. The third-order valence-electron chi connectivity index (χ3n) is 4.92. The standard InChI is InChI=1S/C15H18O3/c1-8-10-4-6-15(3)7-5-11(16)9(2)12(15)13(10)18-14(8)17/h5,7-8,10,13H,4,6H2,1-3H3/t8-,10-,13-,15+/m0/s1. The summed E-state index contributed by atoms with van der Waals surface area (Å²) in [6.07, 6.45) is 5.46. The Morgan fingerprint density at radius 3 is 2.83 bits per heavy atom. The number of carbonyl (C=O) groups is 2. The molecule has 0 N–H and O–H groups in total. The van der Waals surface area contributed by atoms with Crippen LogP contribution < -0.4 is 0 Å². The van der Waals surface area contributed by atoms with Crippen molar-refractivity contribution in [3.8, 4) is 0 Å². The predicted octanol–water partition coefficient (Wildman–Crippen LogP) is 2.42. The van der Waals surface area contributed by atoms with Gasteiger partial charge in [0.2, 0.25) is 0 Å². The van der Waals surface area contributed by atoms with Gasteiger partial charge in [-0.25, -0.2) is 0 Å². The largest absolute Gasteiger partial charge is 0.457 e. The molecule has 1 saturated carbocycles. The molecule has 2 fully saturated rings. The second-order valence-electron chi connectivity index (χ2n) is 6.00. The van der Waals surface area contributed by atoms with Gasteiger partial charge in [-0.2, -0.15) is 0 Å². The van der Waals surface area contributed by atoms with Crippen LogP contribution in [-0.2, 0) is 14.3 Å². The van der Waals surface area contributed by atoms with Gasteiger partial charge in [0.05, 0.1) is 5.92 Å². The average Bonchev–Trinajstić information content (AvgIpc) is 2.60. The predicted molar refractivity (Wildman–Crippen MR) is 66.7 cm³/mol. The molecule has 1 saturated heterocycles. The second-order valence-corrected chi connectivity index (χ2v) is 6.00. The maximum absolute atomic E-state index is 11.9. The van der Waals surface area contributed by atoms with Crippen LogP contribution in [0.2, 0.25) is 0 Å². The van der Waals surface area contributed by atoms with Crippen LogP contribution in [0.5, 0.6) is 0 Å². The maximum atomic E-state index is 11.9. The molecular weight excluding hydrogens is 228 g/mol. The Balaban J connectivity index is 2.10. The van der Waals surface area contributed by atoms with Crippen molar-refractivity contribution in [3.05, 3.63) is 23.3 Å². The molecule has 0 radical (unpaired) electrons. The lowest BCUT2D eigenvalue weighted by atomic mass is 9.62. The molecule has 0 aromatic heterocycles. The Hall–Kier alpha value is -1.38. The van der Waals surface area contributed by atoms with Crippen molar-refractivity contribution in [2.75, 3.05) is 0 Å². The van der Waals surface area contributed by atoms with Crippen LogP contribution in [0.4, 0.5) is 0 Å². The molecule has 0 spiro atoms. The lowest BCUT2D eigenvalue weighted by Gasteiger charge is -2.42. The van der Waals surface area contributed by atoms with Crippen molar-refractivity contribution in [2.45, 2.75) is 39.7 Å². The van der Waals surface area contributed by atoms with Gasteiger partial charge in [-0.15, -0.1) is 0 Å². The number of ketones is 1. The third kappa shape index (κ3) is 1.36. The van der Waals surface area contributed by atoms with Gasteiger partial charge in [0, 0.05) is 16.9 Å². The van der Waals surface area contributed by atoms with Gasteiger partial charge in [0.15, 0.2) is 5.78 Å². The van der Waals surface area contributed by atoms with Crippen LogP contribution in [-0.4, -0.2) is 17.9 Å². The van der Waals surface area contributed by atoms with E-state index >= 15 is 0 Å². The van der Waals surface area contributed by atoms with E-state index in [-0.39, 0.29) is 35.1 Å². The summed E-state index contributed by atoms with van der Waals surface area (Å²) in [5.74, 6) is 0.144. The van der Waals surface area contributed by atoms with E-state index in [9.17, 15) is 9.59 Å². The quantitative estimate of drug-likeness (QED) is 0.616. The highest BCUT2D eigenvalue weighted by molar-refractivity contribution is 6.05. The fraction of sp³-hybridized carbons (Fsp3) is 0.600. The molecule has 3 rings (SSSR count). The first-order valence-electron chi connectivity index (χ1n) is 6.59. The summed E-state index contributed by atoms with van der Waals surface area (Å²) in [5, 5.41) is 0. The topological polar surface area (TPSA) is 43.4 Å². The number of hydrogen-bond donors (Lipinski definition) is 0. The van der Waals surface area contributed by atoms with E-state index in [1.54, 1.807) is 6.08 Å². The molecule has 18 heavy (non-hydrogen) atoms. The van der Waals surface area contributed by atoms with Crippen LogP contribution in [0.1, 0.15) is 33.6 Å². The van der Waals surface area contributed by atoms with Crippen LogP contribution in [0.3, 0.4) is 0 Å². The van der Waals surface area contributed by atoms with Gasteiger partial charge in [-0.3, -0.25) is 9.59 Å². The minimum Gasteiger partial charge on any atom is -0.457 e. The molecule has 3 heteroatoms. The Labute approximate surface area is 107 Å². The van der Waals surface area contributed by atoms with E-state index in [4.69, 9.17) is 4.74 Å². The molecule has 1 heterocycles. The summed E-state index contributed by atoms with van der Waals surface area (Å²) >= 11 is 0. The van der Waals surface area contributed by atoms with E-state index in [0.717, 1.165) is 24.0 Å². The number of rotatable bonds is 0. The fourth-order valence-electron chi connectivity index (χ4n) is 3.69. The molecule has 0 amide bonds. The molecule has 0 bridgehead atoms. The van der Waals surface area contributed by atoms with Gasteiger partial charge >= 0.3 is 5.97 Å². The van der Waals surface area contributed by atoms with Gasteiger partial charge in [-0.1, -0.05) is 19.9 Å². The SMILES string of the molecule is CC1=C2[C@H]3OC(=O)[C@@H](C)[C@@H]3CC[C@]2(C)C=CC1=O. The summed E-state index contributed by atoms with van der Waals surface area (Å²) in [4.78, 5) is 23.6. The number of esters is 1. The summed E-state index contributed by atoms with van der Waals surface area (Å²) < 4.78 is 5.55. The van der Waals surface area contributed by atoms with Crippen molar-refractivity contribution < 1.29 is 14.3 Å². The minimum absolute atomic E-state index is 0.0409. The Kier molecular flexibility index (Phi) is 2.31. The lowest BCUT2D eigenvalue weighted by molar-refractivity contribution is -0.143. The first-order chi connectivity index (χ1) is 8.44. The van der Waals surface area contributed by atoms with Gasteiger partial charge < -0.3 is 4.74 Å². The number of fused-ring (bicyclic) bond motifs is 3. The highest BCUT2D eigenvalue weighted by Crippen LogP contribution is 2.52. The molecule has 96 valence electrons. The highest BCUT2D eigenvalue weighted by Gasteiger charge is 2.52. The van der Waals surface area contributed by atoms with Gasteiger partial charge in [0.1, 0.15) is 6.10 Å². The smallest absolute Gasteiger partial charge is 0.309 e. The molecule has 2 aliphatic carbocycles. The molecule has 0 unspecified atom stereocenters. The molecule has 3 aliphatic rings. The van der Waals surface area contributed by atoms with Crippen molar-refractivity contribution >= 4 is 11.8 Å². The van der Waals surface area contributed by atoms with E-state index in [2.05, 4.69) is 6.92 Å². The highest BCUT2D eigenvalue weighted by atomic mass is 16.6. The molecule has 1 aliphatic heterocycles. The molecule has 4 atom stereocenters. The monoisotopic (exact) mass is 246 g/mol. The zero-order chi connectivity index (χ0) is 13.1. The summed E-state index contributed by atoms with van der Waals surface area (Å²) in [6.45, 7) is 5.94. The number of allylic oxidation sites excluding steroid dienone is 3. The number of hydrogen-bond acceptors (Lipinski definition) is 3. The third-order valence-corrected chi connectivity index (χ3v) is 4.92. The van der Waals surface area contributed by atoms with Crippen LogP contribution in [0.15, 0.2) is 23.3 Å².